The van der Waals surface area contributed by atoms with Crippen LogP contribution in [-0.2, 0) is 10.3 Å². The van der Waals surface area contributed by atoms with Crippen LogP contribution in [-0.4, -0.2) is 18.0 Å². The second kappa shape index (κ2) is 5.88. The molecule has 3 nitrogen and oxygen atoms in total. The van der Waals surface area contributed by atoms with Crippen LogP contribution in [0.2, 0.25) is 0 Å². The van der Waals surface area contributed by atoms with Crippen molar-refractivity contribution >= 4 is 5.71 Å². The van der Waals surface area contributed by atoms with Crippen molar-refractivity contribution in [2.75, 3.05) is 7.11 Å². The molecule has 0 unspecified atom stereocenters. The van der Waals surface area contributed by atoms with Crippen LogP contribution in [0.25, 0.3) is 11.1 Å². The first-order valence-corrected chi connectivity index (χ1v) is 6.52. The maximum Gasteiger partial charge on any atom is 0.131 e. The molecule has 0 fully saturated rings. The molecular weight excluding hydrogens is 250 g/mol. The van der Waals surface area contributed by atoms with Crippen LogP contribution in [0.3, 0.4) is 0 Å². The molecule has 0 aliphatic carbocycles. The van der Waals surface area contributed by atoms with Gasteiger partial charge in [0.15, 0.2) is 0 Å². The molecule has 1 N–H and O–H groups in total. The molecule has 20 heavy (non-hydrogen) atoms. The Morgan fingerprint density at radius 3 is 2.05 bits per heavy atom. The van der Waals surface area contributed by atoms with Crippen molar-refractivity contribution in [2.24, 2.45) is 5.16 Å². The number of benzene rings is 2. The van der Waals surface area contributed by atoms with Gasteiger partial charge in [-0.15, -0.1) is 0 Å². The van der Waals surface area contributed by atoms with E-state index in [4.69, 9.17) is 9.94 Å². The average Bonchev–Trinajstić information content (AvgIpc) is 2.54. The Kier molecular flexibility index (Phi) is 4.20. The zero-order valence-corrected chi connectivity index (χ0v) is 12.0. The maximum absolute atomic E-state index is 9.00. The quantitative estimate of drug-likeness (QED) is 0.516. The molecule has 3 heteroatoms. The average molecular weight is 269 g/mol. The Hall–Kier alpha value is -2.13. The highest BCUT2D eigenvalue weighted by Gasteiger charge is 2.30. The minimum atomic E-state index is -0.718. The van der Waals surface area contributed by atoms with Gasteiger partial charge in [-0.1, -0.05) is 59.8 Å². The predicted octanol–water partition coefficient (Wildman–Crippen LogP) is 4.07. The fraction of sp³-hybridized carbons (Fsp3) is 0.235. The van der Waals surface area contributed by atoms with Crippen molar-refractivity contribution < 1.29 is 9.94 Å². The molecule has 0 radical (unpaired) electrons. The zero-order valence-electron chi connectivity index (χ0n) is 12.0. The molecule has 0 bridgehead atoms. The van der Waals surface area contributed by atoms with Crippen LogP contribution in [0.15, 0.2) is 59.8 Å². The first-order valence-electron chi connectivity index (χ1n) is 6.52. The first-order chi connectivity index (χ1) is 9.61. The largest absolute Gasteiger partial charge is 0.411 e. The summed E-state index contributed by atoms with van der Waals surface area (Å²) in [7, 11) is 1.61. The molecule has 0 aliphatic rings. The zero-order chi connectivity index (χ0) is 14.6. The molecule has 2 rings (SSSR count). The lowest BCUT2D eigenvalue weighted by Crippen LogP contribution is -2.32. The third-order valence-corrected chi connectivity index (χ3v) is 3.79. The van der Waals surface area contributed by atoms with Crippen LogP contribution in [0.1, 0.15) is 19.4 Å². The summed E-state index contributed by atoms with van der Waals surface area (Å²) < 4.78 is 5.53. The van der Waals surface area contributed by atoms with E-state index in [1.54, 1.807) is 14.0 Å². The number of ether oxygens (including phenoxy) is 1. The molecule has 104 valence electrons. The Labute approximate surface area is 119 Å². The van der Waals surface area contributed by atoms with E-state index in [0.29, 0.717) is 5.71 Å². The van der Waals surface area contributed by atoms with E-state index in [0.717, 1.165) is 11.1 Å². The normalized spacial score (nSPS) is 14.8. The molecule has 0 aliphatic heterocycles. The highest BCUT2D eigenvalue weighted by Crippen LogP contribution is 2.29. The smallest absolute Gasteiger partial charge is 0.131 e. The highest BCUT2D eigenvalue weighted by atomic mass is 16.5. The van der Waals surface area contributed by atoms with E-state index in [9.17, 15) is 0 Å². The number of rotatable bonds is 4. The lowest BCUT2D eigenvalue weighted by molar-refractivity contribution is 0.0606. The third-order valence-electron chi connectivity index (χ3n) is 3.79. The third kappa shape index (κ3) is 2.58. The van der Waals surface area contributed by atoms with Crippen LogP contribution in [0.5, 0.6) is 0 Å². The number of methoxy groups -OCH3 is 1. The Balaban J connectivity index is 2.37. The Morgan fingerprint density at radius 1 is 1.00 bits per heavy atom. The van der Waals surface area contributed by atoms with E-state index in [1.807, 2.05) is 49.4 Å². The second-order valence-corrected chi connectivity index (χ2v) is 4.87. The van der Waals surface area contributed by atoms with Gasteiger partial charge in [0, 0.05) is 7.11 Å². The van der Waals surface area contributed by atoms with E-state index < -0.39 is 5.60 Å². The molecule has 2 aromatic carbocycles. The summed E-state index contributed by atoms with van der Waals surface area (Å²) in [5.74, 6) is 0. The van der Waals surface area contributed by atoms with E-state index in [-0.39, 0.29) is 0 Å². The van der Waals surface area contributed by atoms with Gasteiger partial charge in [-0.05, 0) is 30.5 Å². The van der Waals surface area contributed by atoms with Crippen LogP contribution >= 0.6 is 0 Å². The second-order valence-electron chi connectivity index (χ2n) is 4.87. The molecule has 0 amide bonds. The molecule has 0 aromatic heterocycles. The molecular formula is C17H19NO2. The van der Waals surface area contributed by atoms with Gasteiger partial charge in [0.1, 0.15) is 5.60 Å². The molecule has 0 heterocycles. The van der Waals surface area contributed by atoms with Crippen LogP contribution in [0, 0.1) is 0 Å². The van der Waals surface area contributed by atoms with Crippen molar-refractivity contribution in [3.8, 4) is 11.1 Å². The summed E-state index contributed by atoms with van der Waals surface area (Å²) in [6.45, 7) is 3.63. The SMILES string of the molecule is CO[C@](C)(/C(C)=N/O)c1ccc(-c2ccccc2)cc1. The monoisotopic (exact) mass is 269 g/mol. The highest BCUT2D eigenvalue weighted by molar-refractivity contribution is 5.90. The fourth-order valence-electron chi connectivity index (χ4n) is 2.18. The van der Waals surface area contributed by atoms with Crippen molar-refractivity contribution in [2.45, 2.75) is 19.4 Å². The van der Waals surface area contributed by atoms with Crippen molar-refractivity contribution in [3.05, 3.63) is 60.2 Å². The summed E-state index contributed by atoms with van der Waals surface area (Å²) in [5.41, 5.74) is 3.07. The first kappa shape index (κ1) is 14.3. The van der Waals surface area contributed by atoms with Gasteiger partial charge in [0.2, 0.25) is 0 Å². The molecule has 0 saturated heterocycles. The Morgan fingerprint density at radius 2 is 1.55 bits per heavy atom. The lowest BCUT2D eigenvalue weighted by atomic mass is 9.90. The van der Waals surface area contributed by atoms with Gasteiger partial charge in [-0.2, -0.15) is 0 Å². The Bertz CT molecular complexity index is 590. The van der Waals surface area contributed by atoms with Crippen LogP contribution in [0.4, 0.5) is 0 Å². The number of oxime groups is 1. The lowest BCUT2D eigenvalue weighted by Gasteiger charge is -2.27. The van der Waals surface area contributed by atoms with Crippen molar-refractivity contribution in [1.82, 2.24) is 0 Å². The number of hydrogen-bond donors (Lipinski definition) is 1. The van der Waals surface area contributed by atoms with E-state index >= 15 is 0 Å². The summed E-state index contributed by atoms with van der Waals surface area (Å²) in [6.07, 6.45) is 0. The minimum Gasteiger partial charge on any atom is -0.411 e. The van der Waals surface area contributed by atoms with E-state index in [1.165, 1.54) is 5.56 Å². The summed E-state index contributed by atoms with van der Waals surface area (Å²) >= 11 is 0. The van der Waals surface area contributed by atoms with Gasteiger partial charge in [-0.25, -0.2) is 0 Å². The number of hydrogen-bond acceptors (Lipinski definition) is 3. The van der Waals surface area contributed by atoms with Gasteiger partial charge < -0.3 is 9.94 Å². The minimum absolute atomic E-state index is 0.521. The molecule has 2 aromatic rings. The standard InChI is InChI=1S/C17H19NO2/c1-13(18-19)17(2,20-3)16-11-9-15(10-12-16)14-7-5-4-6-8-14/h4-12,19H,1-3H3/b18-13+/t17-/m1/s1. The number of nitrogens with zero attached hydrogens (tertiary/aromatic N) is 1. The van der Waals surface area contributed by atoms with Gasteiger partial charge in [0.25, 0.3) is 0 Å². The van der Waals surface area contributed by atoms with E-state index in [2.05, 4.69) is 17.3 Å². The summed E-state index contributed by atoms with van der Waals surface area (Å²) in [5, 5.41) is 12.3. The molecule has 0 spiro atoms. The van der Waals surface area contributed by atoms with Crippen molar-refractivity contribution in [3.63, 3.8) is 0 Å². The summed E-state index contributed by atoms with van der Waals surface area (Å²) in [6, 6.07) is 18.3. The molecule has 0 saturated carbocycles. The maximum atomic E-state index is 9.00. The van der Waals surface area contributed by atoms with Gasteiger partial charge in [-0.3, -0.25) is 0 Å². The topological polar surface area (TPSA) is 41.8 Å². The van der Waals surface area contributed by atoms with Gasteiger partial charge >= 0.3 is 0 Å². The van der Waals surface area contributed by atoms with Crippen LogP contribution < -0.4 is 0 Å². The van der Waals surface area contributed by atoms with Crippen molar-refractivity contribution in [1.29, 1.82) is 0 Å². The summed E-state index contributed by atoms with van der Waals surface area (Å²) in [4.78, 5) is 0. The predicted molar refractivity (Wildman–Crippen MR) is 81.1 cm³/mol. The molecule has 1 atom stereocenters. The fourth-order valence-corrected chi connectivity index (χ4v) is 2.18. The van der Waals surface area contributed by atoms with Gasteiger partial charge in [0.05, 0.1) is 5.71 Å².